The standard InChI is InChI=1S/C12H12FN3O2S/c13-9-2-1-7(12(14)19)3-8(9)4-16-5-10(17)15-11(18)6-16/h1-3H,4-6H2,(H2,14,19)(H,15,17,18). The van der Waals surface area contributed by atoms with Gasteiger partial charge in [0.1, 0.15) is 10.8 Å². The van der Waals surface area contributed by atoms with Gasteiger partial charge in [-0.25, -0.2) is 4.39 Å². The lowest BCUT2D eigenvalue weighted by molar-refractivity contribution is -0.136. The summed E-state index contributed by atoms with van der Waals surface area (Å²) in [6.07, 6.45) is 0. The molecule has 0 bridgehead atoms. The Kier molecular flexibility index (Phi) is 3.87. The second kappa shape index (κ2) is 5.41. The minimum atomic E-state index is -0.418. The van der Waals surface area contributed by atoms with Crippen LogP contribution in [0.3, 0.4) is 0 Å². The highest BCUT2D eigenvalue weighted by Gasteiger charge is 2.23. The fourth-order valence-corrected chi connectivity index (χ4v) is 2.03. The van der Waals surface area contributed by atoms with Gasteiger partial charge < -0.3 is 5.73 Å². The zero-order valence-electron chi connectivity index (χ0n) is 9.98. The van der Waals surface area contributed by atoms with Gasteiger partial charge in [-0.1, -0.05) is 12.2 Å². The van der Waals surface area contributed by atoms with Crippen LogP contribution < -0.4 is 11.1 Å². The predicted octanol–water partition coefficient (Wildman–Crippen LogP) is -0.0817. The first-order valence-corrected chi connectivity index (χ1v) is 6.00. The maximum atomic E-state index is 13.7. The number of halogens is 1. The largest absolute Gasteiger partial charge is 0.389 e. The van der Waals surface area contributed by atoms with Gasteiger partial charge in [0.25, 0.3) is 0 Å². The van der Waals surface area contributed by atoms with Gasteiger partial charge in [0.05, 0.1) is 13.1 Å². The molecule has 100 valence electrons. The van der Waals surface area contributed by atoms with E-state index >= 15 is 0 Å². The number of nitrogens with one attached hydrogen (secondary N) is 1. The summed E-state index contributed by atoms with van der Waals surface area (Å²) in [5.41, 5.74) is 6.40. The molecular formula is C12H12FN3O2S. The van der Waals surface area contributed by atoms with Crippen LogP contribution in [0, 0.1) is 5.82 Å². The molecule has 3 N–H and O–H groups in total. The zero-order chi connectivity index (χ0) is 14.0. The molecule has 7 heteroatoms. The molecule has 0 atom stereocenters. The third-order valence-electron chi connectivity index (χ3n) is 2.74. The number of hydrogen-bond acceptors (Lipinski definition) is 4. The Labute approximate surface area is 114 Å². The molecule has 1 aliphatic rings. The van der Waals surface area contributed by atoms with Crippen molar-refractivity contribution in [3.05, 3.63) is 35.1 Å². The number of hydrogen-bond donors (Lipinski definition) is 2. The number of thiocarbonyl (C=S) groups is 1. The number of nitrogens with zero attached hydrogens (tertiary/aromatic N) is 1. The van der Waals surface area contributed by atoms with E-state index in [1.165, 1.54) is 18.2 Å². The molecule has 0 aliphatic carbocycles. The third-order valence-corrected chi connectivity index (χ3v) is 2.97. The Hall–Kier alpha value is -1.86. The summed E-state index contributed by atoms with van der Waals surface area (Å²) >= 11 is 4.83. The van der Waals surface area contributed by atoms with Crippen molar-refractivity contribution in [1.82, 2.24) is 10.2 Å². The number of nitrogens with two attached hydrogens (primary N) is 1. The van der Waals surface area contributed by atoms with E-state index in [4.69, 9.17) is 18.0 Å². The average Bonchev–Trinajstić information content (AvgIpc) is 2.30. The van der Waals surface area contributed by atoms with Crippen molar-refractivity contribution in [2.75, 3.05) is 13.1 Å². The molecule has 1 aromatic rings. The van der Waals surface area contributed by atoms with Crippen molar-refractivity contribution >= 4 is 29.0 Å². The summed E-state index contributed by atoms with van der Waals surface area (Å²) in [5.74, 6) is -1.19. The molecular weight excluding hydrogens is 269 g/mol. The van der Waals surface area contributed by atoms with E-state index in [0.717, 1.165) is 0 Å². The van der Waals surface area contributed by atoms with E-state index in [9.17, 15) is 14.0 Å². The minimum Gasteiger partial charge on any atom is -0.389 e. The molecule has 2 amide bonds. The molecule has 1 aliphatic heterocycles. The van der Waals surface area contributed by atoms with Gasteiger partial charge in [-0.15, -0.1) is 0 Å². The average molecular weight is 281 g/mol. The summed E-state index contributed by atoms with van der Waals surface area (Å²) in [5, 5.41) is 2.19. The van der Waals surface area contributed by atoms with E-state index < -0.39 is 5.82 Å². The molecule has 0 saturated carbocycles. The fourth-order valence-electron chi connectivity index (χ4n) is 1.90. The molecule has 0 radical (unpaired) electrons. The van der Waals surface area contributed by atoms with Gasteiger partial charge in [-0.05, 0) is 18.2 Å². The molecule has 1 heterocycles. The van der Waals surface area contributed by atoms with Crippen LogP contribution in [-0.2, 0) is 16.1 Å². The van der Waals surface area contributed by atoms with Crippen molar-refractivity contribution in [3.8, 4) is 0 Å². The van der Waals surface area contributed by atoms with Crippen LogP contribution >= 0.6 is 12.2 Å². The number of piperazine rings is 1. The third kappa shape index (κ3) is 3.33. The van der Waals surface area contributed by atoms with Crippen molar-refractivity contribution in [1.29, 1.82) is 0 Å². The highest BCUT2D eigenvalue weighted by Crippen LogP contribution is 2.14. The van der Waals surface area contributed by atoms with Crippen LogP contribution in [-0.4, -0.2) is 34.8 Å². The summed E-state index contributed by atoms with van der Waals surface area (Å²) in [6, 6.07) is 4.31. The summed E-state index contributed by atoms with van der Waals surface area (Å²) < 4.78 is 13.7. The molecule has 19 heavy (non-hydrogen) atoms. The van der Waals surface area contributed by atoms with E-state index in [0.29, 0.717) is 11.1 Å². The lowest BCUT2D eigenvalue weighted by Gasteiger charge is -2.25. The Balaban J connectivity index is 2.18. The van der Waals surface area contributed by atoms with Crippen molar-refractivity contribution in [2.45, 2.75) is 6.54 Å². The van der Waals surface area contributed by atoms with Crippen LogP contribution in [0.4, 0.5) is 4.39 Å². The Bertz CT molecular complexity index is 546. The van der Waals surface area contributed by atoms with Gasteiger partial charge in [-0.2, -0.15) is 0 Å². The highest BCUT2D eigenvalue weighted by atomic mass is 32.1. The molecule has 1 saturated heterocycles. The van der Waals surface area contributed by atoms with Crippen molar-refractivity contribution in [3.63, 3.8) is 0 Å². The number of rotatable bonds is 3. The van der Waals surface area contributed by atoms with Gasteiger partial charge in [0.2, 0.25) is 11.8 Å². The lowest BCUT2D eigenvalue weighted by Crippen LogP contribution is -2.50. The molecule has 1 aromatic carbocycles. The van der Waals surface area contributed by atoms with E-state index in [1.807, 2.05) is 0 Å². The van der Waals surface area contributed by atoms with Crippen LogP contribution in [0.5, 0.6) is 0 Å². The molecule has 1 fully saturated rings. The summed E-state index contributed by atoms with van der Waals surface area (Å²) in [4.78, 5) is 24.2. The van der Waals surface area contributed by atoms with Crippen LogP contribution in [0.15, 0.2) is 18.2 Å². The number of amides is 2. The monoisotopic (exact) mass is 281 g/mol. The Morgan fingerprint density at radius 2 is 2.00 bits per heavy atom. The van der Waals surface area contributed by atoms with Gasteiger partial charge in [0, 0.05) is 17.7 Å². The second-order valence-electron chi connectivity index (χ2n) is 4.29. The van der Waals surface area contributed by atoms with E-state index in [-0.39, 0.29) is 36.4 Å². The second-order valence-corrected chi connectivity index (χ2v) is 4.73. The highest BCUT2D eigenvalue weighted by molar-refractivity contribution is 7.80. The smallest absolute Gasteiger partial charge is 0.240 e. The number of carbonyl (C=O) groups excluding carboxylic acids is 2. The molecule has 0 spiro atoms. The maximum absolute atomic E-state index is 13.7. The molecule has 0 aromatic heterocycles. The Morgan fingerprint density at radius 3 is 2.58 bits per heavy atom. The lowest BCUT2D eigenvalue weighted by atomic mass is 10.1. The first kappa shape index (κ1) is 13.6. The number of benzene rings is 1. The molecule has 5 nitrogen and oxygen atoms in total. The van der Waals surface area contributed by atoms with E-state index in [1.54, 1.807) is 4.90 Å². The van der Waals surface area contributed by atoms with Crippen molar-refractivity contribution < 1.29 is 14.0 Å². The SMILES string of the molecule is NC(=S)c1ccc(F)c(CN2CC(=O)NC(=O)C2)c1. The maximum Gasteiger partial charge on any atom is 0.240 e. The normalized spacial score (nSPS) is 16.3. The minimum absolute atomic E-state index is 0.0580. The fraction of sp³-hybridized carbons (Fsp3) is 0.250. The summed E-state index contributed by atoms with van der Waals surface area (Å²) in [7, 11) is 0. The van der Waals surface area contributed by atoms with Gasteiger partial charge in [0.15, 0.2) is 0 Å². The summed E-state index contributed by atoms with van der Waals surface area (Å²) in [6.45, 7) is 0.270. The van der Waals surface area contributed by atoms with Crippen LogP contribution in [0.2, 0.25) is 0 Å². The first-order chi connectivity index (χ1) is 8.95. The molecule has 0 unspecified atom stereocenters. The van der Waals surface area contributed by atoms with Crippen LogP contribution in [0.1, 0.15) is 11.1 Å². The van der Waals surface area contributed by atoms with Gasteiger partial charge in [-0.3, -0.25) is 19.8 Å². The first-order valence-electron chi connectivity index (χ1n) is 5.59. The number of carbonyl (C=O) groups is 2. The van der Waals surface area contributed by atoms with E-state index in [2.05, 4.69) is 5.32 Å². The zero-order valence-corrected chi connectivity index (χ0v) is 10.8. The topological polar surface area (TPSA) is 75.4 Å². The quantitative estimate of drug-likeness (QED) is 0.598. The van der Waals surface area contributed by atoms with Crippen LogP contribution in [0.25, 0.3) is 0 Å². The Morgan fingerprint density at radius 1 is 1.37 bits per heavy atom. The van der Waals surface area contributed by atoms with Gasteiger partial charge >= 0.3 is 0 Å². The van der Waals surface area contributed by atoms with Crippen molar-refractivity contribution in [2.24, 2.45) is 5.73 Å². The number of imide groups is 1. The molecule has 2 rings (SSSR count). The predicted molar refractivity (Wildman–Crippen MR) is 70.7 cm³/mol.